The maximum absolute atomic E-state index is 9.49. The molecule has 2 aromatic rings. The Bertz CT molecular complexity index is 452. The van der Waals surface area contributed by atoms with Crippen molar-refractivity contribution in [3.05, 3.63) is 72.8 Å². The van der Waals surface area contributed by atoms with Crippen LogP contribution < -0.4 is 5.11 Å². The van der Waals surface area contributed by atoms with E-state index in [4.69, 9.17) is 0 Å². The molecule has 0 aliphatic carbocycles. The van der Waals surface area contributed by atoms with Gasteiger partial charge in [0.1, 0.15) is 0 Å². The van der Waals surface area contributed by atoms with Crippen LogP contribution in [0.25, 0.3) is 11.1 Å². The molecule has 2 nitrogen and oxygen atoms in total. The van der Waals surface area contributed by atoms with Gasteiger partial charge in [-0.3, -0.25) is 0 Å². The molecular weight excluding hydrogens is 224 g/mol. The van der Waals surface area contributed by atoms with Crippen LogP contribution in [0.3, 0.4) is 0 Å². The SMILES string of the molecule is C=C(C)C(=O)[O-].c1ccc(-c2ccccc2)cc1. The predicted octanol–water partition coefficient (Wildman–Crippen LogP) is 2.67. The summed E-state index contributed by atoms with van der Waals surface area (Å²) in [4.78, 5) is 9.49. The van der Waals surface area contributed by atoms with Gasteiger partial charge in [-0.2, -0.15) is 0 Å². The normalized spacial score (nSPS) is 8.94. The monoisotopic (exact) mass is 239 g/mol. The lowest BCUT2D eigenvalue weighted by Gasteiger charge is -1.98. The van der Waals surface area contributed by atoms with Gasteiger partial charge in [0.25, 0.3) is 0 Å². The highest BCUT2D eigenvalue weighted by atomic mass is 16.4. The molecule has 0 saturated heterocycles. The summed E-state index contributed by atoms with van der Waals surface area (Å²) in [6, 6.07) is 20.8. The molecule has 0 fully saturated rings. The third-order valence-corrected chi connectivity index (χ3v) is 2.23. The van der Waals surface area contributed by atoms with Crippen molar-refractivity contribution in [3.63, 3.8) is 0 Å². The molecule has 92 valence electrons. The maximum Gasteiger partial charge on any atom is 0.0666 e. The van der Waals surface area contributed by atoms with Crippen molar-refractivity contribution in [2.24, 2.45) is 0 Å². The second kappa shape index (κ2) is 7.07. The molecule has 2 rings (SSSR count). The van der Waals surface area contributed by atoms with Crippen LogP contribution in [0.2, 0.25) is 0 Å². The zero-order valence-corrected chi connectivity index (χ0v) is 10.3. The first-order valence-electron chi connectivity index (χ1n) is 5.58. The number of aliphatic carboxylic acids is 1. The summed E-state index contributed by atoms with van der Waals surface area (Å²) in [5, 5.41) is 9.49. The number of benzene rings is 2. The van der Waals surface area contributed by atoms with Crippen LogP contribution in [0.5, 0.6) is 0 Å². The van der Waals surface area contributed by atoms with E-state index in [1.165, 1.54) is 18.1 Å². The Kier molecular flexibility index (Phi) is 5.39. The van der Waals surface area contributed by atoms with Crippen molar-refractivity contribution < 1.29 is 9.90 Å². The molecule has 0 spiro atoms. The lowest BCUT2D eigenvalue weighted by Crippen LogP contribution is -2.22. The van der Waals surface area contributed by atoms with Gasteiger partial charge >= 0.3 is 0 Å². The predicted molar refractivity (Wildman–Crippen MR) is 71.7 cm³/mol. The van der Waals surface area contributed by atoms with Gasteiger partial charge in [-0.1, -0.05) is 67.2 Å². The fraction of sp³-hybridized carbons (Fsp3) is 0.0625. The fourth-order valence-electron chi connectivity index (χ4n) is 1.26. The summed E-state index contributed by atoms with van der Waals surface area (Å²) < 4.78 is 0. The van der Waals surface area contributed by atoms with Gasteiger partial charge in [-0.25, -0.2) is 0 Å². The molecule has 0 heterocycles. The van der Waals surface area contributed by atoms with Gasteiger partial charge in [0, 0.05) is 0 Å². The maximum atomic E-state index is 9.49. The Morgan fingerprint density at radius 2 is 1.17 bits per heavy atom. The Balaban J connectivity index is 0.000000232. The standard InChI is InChI=1S/C12H10.C4H6O2/c1-3-7-11(8-4-1)12-9-5-2-6-10-12;1-3(2)4(5)6/h1-10H;1H2,2H3,(H,5,6)/p-1. The average molecular weight is 239 g/mol. The van der Waals surface area contributed by atoms with Gasteiger partial charge in [0.2, 0.25) is 0 Å². The molecule has 0 N–H and O–H groups in total. The van der Waals surface area contributed by atoms with E-state index < -0.39 is 5.97 Å². The van der Waals surface area contributed by atoms with Gasteiger partial charge in [0.15, 0.2) is 0 Å². The first-order chi connectivity index (χ1) is 8.61. The molecule has 0 unspecified atom stereocenters. The van der Waals surface area contributed by atoms with Crippen LogP contribution in [0.15, 0.2) is 72.8 Å². The largest absolute Gasteiger partial charge is 0.545 e. The minimum atomic E-state index is -1.19. The Hall–Kier alpha value is -2.35. The lowest BCUT2D eigenvalue weighted by molar-refractivity contribution is -0.299. The van der Waals surface area contributed by atoms with Crippen molar-refractivity contribution >= 4 is 5.97 Å². The minimum absolute atomic E-state index is 0.0648. The summed E-state index contributed by atoms with van der Waals surface area (Å²) in [5.74, 6) is -1.19. The summed E-state index contributed by atoms with van der Waals surface area (Å²) in [5.41, 5.74) is 2.62. The van der Waals surface area contributed by atoms with Gasteiger partial charge < -0.3 is 9.90 Å². The molecule has 18 heavy (non-hydrogen) atoms. The lowest BCUT2D eigenvalue weighted by atomic mass is 10.1. The molecule has 0 radical (unpaired) electrons. The fourth-order valence-corrected chi connectivity index (χ4v) is 1.26. The summed E-state index contributed by atoms with van der Waals surface area (Å²) in [6.45, 7) is 4.48. The van der Waals surface area contributed by atoms with E-state index in [2.05, 4.69) is 55.1 Å². The van der Waals surface area contributed by atoms with Gasteiger partial charge in [-0.15, -0.1) is 0 Å². The number of rotatable bonds is 2. The minimum Gasteiger partial charge on any atom is -0.545 e. The van der Waals surface area contributed by atoms with Crippen LogP contribution in [-0.2, 0) is 4.79 Å². The molecule has 0 aliphatic rings. The van der Waals surface area contributed by atoms with Gasteiger partial charge in [-0.05, 0) is 23.6 Å². The van der Waals surface area contributed by atoms with Crippen LogP contribution >= 0.6 is 0 Å². The van der Waals surface area contributed by atoms with E-state index in [0.717, 1.165) is 0 Å². The molecule has 0 aromatic heterocycles. The van der Waals surface area contributed by atoms with Crippen LogP contribution in [-0.4, -0.2) is 5.97 Å². The number of carboxylic acids is 1. The Labute approximate surface area is 107 Å². The number of carboxylic acid groups (broad SMARTS) is 1. The zero-order chi connectivity index (χ0) is 13.4. The Morgan fingerprint density at radius 3 is 1.39 bits per heavy atom. The van der Waals surface area contributed by atoms with Crippen LogP contribution in [0.4, 0.5) is 0 Å². The van der Waals surface area contributed by atoms with Crippen molar-refractivity contribution in [2.75, 3.05) is 0 Å². The molecular formula is C16H15O2-. The van der Waals surface area contributed by atoms with Crippen molar-refractivity contribution in [3.8, 4) is 11.1 Å². The van der Waals surface area contributed by atoms with E-state index in [-0.39, 0.29) is 5.57 Å². The molecule has 0 aliphatic heterocycles. The Morgan fingerprint density at radius 1 is 0.889 bits per heavy atom. The van der Waals surface area contributed by atoms with E-state index in [9.17, 15) is 9.90 Å². The molecule has 0 amide bonds. The molecule has 2 aromatic carbocycles. The first-order valence-corrected chi connectivity index (χ1v) is 5.58. The van der Waals surface area contributed by atoms with E-state index in [1.54, 1.807) is 0 Å². The van der Waals surface area contributed by atoms with E-state index in [1.807, 2.05) is 12.1 Å². The number of hydrogen-bond donors (Lipinski definition) is 0. The smallest absolute Gasteiger partial charge is 0.0666 e. The van der Waals surface area contributed by atoms with Crippen molar-refractivity contribution in [2.45, 2.75) is 6.92 Å². The third-order valence-electron chi connectivity index (χ3n) is 2.23. The highest BCUT2D eigenvalue weighted by Crippen LogP contribution is 2.17. The highest BCUT2D eigenvalue weighted by Gasteiger charge is 1.91. The second-order valence-electron chi connectivity index (χ2n) is 3.80. The number of hydrogen-bond acceptors (Lipinski definition) is 2. The quantitative estimate of drug-likeness (QED) is 0.756. The topological polar surface area (TPSA) is 40.1 Å². The zero-order valence-electron chi connectivity index (χ0n) is 10.3. The number of carbonyl (C=O) groups excluding carboxylic acids is 1. The van der Waals surface area contributed by atoms with E-state index in [0.29, 0.717) is 0 Å². The highest BCUT2D eigenvalue weighted by molar-refractivity contribution is 5.82. The average Bonchev–Trinajstić information content (AvgIpc) is 2.41. The van der Waals surface area contributed by atoms with Crippen LogP contribution in [0.1, 0.15) is 6.92 Å². The summed E-state index contributed by atoms with van der Waals surface area (Å²) in [6.07, 6.45) is 0. The van der Waals surface area contributed by atoms with Crippen molar-refractivity contribution in [1.29, 1.82) is 0 Å². The second-order valence-corrected chi connectivity index (χ2v) is 3.80. The molecule has 2 heteroatoms. The first kappa shape index (κ1) is 13.7. The van der Waals surface area contributed by atoms with E-state index >= 15 is 0 Å². The summed E-state index contributed by atoms with van der Waals surface area (Å²) >= 11 is 0. The molecule has 0 atom stereocenters. The molecule has 0 saturated carbocycles. The van der Waals surface area contributed by atoms with Crippen LogP contribution in [0, 0.1) is 0 Å². The molecule has 0 bridgehead atoms. The van der Waals surface area contributed by atoms with Crippen molar-refractivity contribution in [1.82, 2.24) is 0 Å². The van der Waals surface area contributed by atoms with Gasteiger partial charge in [0.05, 0.1) is 5.97 Å². The number of carbonyl (C=O) groups is 1. The third kappa shape index (κ3) is 4.66. The summed E-state index contributed by atoms with van der Waals surface area (Å²) in [7, 11) is 0.